The van der Waals surface area contributed by atoms with Crippen LogP contribution in [0.25, 0.3) is 0 Å². The maximum atomic E-state index is 14.6. The van der Waals surface area contributed by atoms with Gasteiger partial charge in [0.1, 0.15) is 17.5 Å². The summed E-state index contributed by atoms with van der Waals surface area (Å²) in [4.78, 5) is 36.4. The van der Waals surface area contributed by atoms with Crippen LogP contribution in [0.15, 0.2) is 36.4 Å². The molecule has 2 aromatic rings. The molecule has 152 valence electrons. The Kier molecular flexibility index (Phi) is 5.67. The maximum absolute atomic E-state index is 14.6. The van der Waals surface area contributed by atoms with Crippen LogP contribution in [0.5, 0.6) is 5.75 Å². The Bertz CT molecular complexity index is 977. The number of likely N-dealkylation sites (tertiary alicyclic amines) is 1. The third-order valence-corrected chi connectivity index (χ3v) is 4.80. The number of anilines is 1. The molecule has 2 amide bonds. The van der Waals surface area contributed by atoms with Crippen LogP contribution >= 0.6 is 0 Å². The van der Waals surface area contributed by atoms with Gasteiger partial charge in [0.15, 0.2) is 5.75 Å². The predicted octanol–water partition coefficient (Wildman–Crippen LogP) is 2.05. The van der Waals surface area contributed by atoms with E-state index in [9.17, 15) is 29.0 Å². The number of ether oxygens (including phenoxy) is 1. The summed E-state index contributed by atoms with van der Waals surface area (Å²) in [6.07, 6.45) is -0.151. The van der Waals surface area contributed by atoms with E-state index < -0.39 is 35.6 Å². The number of para-hydroxylation sites is 1. The van der Waals surface area contributed by atoms with Gasteiger partial charge in [-0.2, -0.15) is 0 Å². The number of methoxy groups -OCH3 is 1. The molecule has 0 bridgehead atoms. The lowest BCUT2D eigenvalue weighted by molar-refractivity contribution is -0.266. The number of benzene rings is 2. The highest BCUT2D eigenvalue weighted by Gasteiger charge is 2.27. The number of carboxylic acid groups (broad SMARTS) is 1. The van der Waals surface area contributed by atoms with E-state index in [1.807, 2.05) is 0 Å². The van der Waals surface area contributed by atoms with Crippen LogP contribution in [0.3, 0.4) is 0 Å². The molecule has 29 heavy (non-hydrogen) atoms. The van der Waals surface area contributed by atoms with Crippen molar-refractivity contribution < 1.29 is 33.7 Å². The molecule has 8 nitrogen and oxygen atoms in total. The fourth-order valence-corrected chi connectivity index (χ4v) is 3.36. The van der Waals surface area contributed by atoms with E-state index in [2.05, 4.69) is 10.1 Å². The molecule has 3 rings (SSSR count). The number of phenolic OH excluding ortho intramolecular Hbond substituents is 1. The average Bonchev–Trinajstić information content (AvgIpc) is 3.19. The summed E-state index contributed by atoms with van der Waals surface area (Å²) in [6.45, 7) is 0.312. The van der Waals surface area contributed by atoms with Crippen LogP contribution in [-0.4, -0.2) is 41.6 Å². The zero-order valence-electron chi connectivity index (χ0n) is 15.5. The van der Waals surface area contributed by atoms with Gasteiger partial charge >= 0.3 is 5.97 Å². The van der Waals surface area contributed by atoms with Gasteiger partial charge < -0.3 is 30.0 Å². The standard InChI is InChI=1S/C20H19FN2O6/c1-29-19(26)13-4-2-5-15(17(13)24)22-18(25)12-8-7-11(10-14(12)21)16-6-3-9-23(16)20(27)28/h2,4-5,7-8,10,16,24H,3,6,9H2,1H3,(H,22,25)(H,27,28)/p-1. The third-order valence-electron chi connectivity index (χ3n) is 4.80. The summed E-state index contributed by atoms with van der Waals surface area (Å²) in [7, 11) is 1.15. The number of nitrogens with one attached hydrogen (secondary N) is 1. The Morgan fingerprint density at radius 1 is 1.24 bits per heavy atom. The van der Waals surface area contributed by atoms with Crippen molar-refractivity contribution in [2.24, 2.45) is 0 Å². The number of halogens is 1. The summed E-state index contributed by atoms with van der Waals surface area (Å²) in [5.74, 6) is -2.97. The number of phenols is 1. The molecule has 1 aliphatic heterocycles. The van der Waals surface area contributed by atoms with Crippen LogP contribution in [0.2, 0.25) is 0 Å². The molecular formula is C20H18FN2O6-. The zero-order chi connectivity index (χ0) is 21.1. The van der Waals surface area contributed by atoms with E-state index in [-0.39, 0.29) is 16.8 Å². The molecule has 1 heterocycles. The van der Waals surface area contributed by atoms with Crippen LogP contribution in [0.1, 0.15) is 45.2 Å². The summed E-state index contributed by atoms with van der Waals surface area (Å²) in [5.41, 5.74) is -0.101. The van der Waals surface area contributed by atoms with Crippen molar-refractivity contribution in [3.05, 3.63) is 58.9 Å². The molecule has 0 aliphatic carbocycles. The van der Waals surface area contributed by atoms with Crippen molar-refractivity contribution in [3.63, 3.8) is 0 Å². The molecule has 1 saturated heterocycles. The molecule has 9 heteroatoms. The number of rotatable bonds is 4. The lowest BCUT2D eigenvalue weighted by atomic mass is 10.0. The SMILES string of the molecule is COC(=O)c1cccc(NC(=O)c2ccc(C3CCCN3C(=O)[O-])cc2F)c1O. The first-order valence-electron chi connectivity index (χ1n) is 8.82. The van der Waals surface area contributed by atoms with Gasteiger partial charge in [-0.1, -0.05) is 12.1 Å². The molecule has 0 radical (unpaired) electrons. The highest BCUT2D eigenvalue weighted by atomic mass is 19.1. The topological polar surface area (TPSA) is 119 Å². The summed E-state index contributed by atoms with van der Waals surface area (Å²) in [6, 6.07) is 7.41. The van der Waals surface area contributed by atoms with Crippen LogP contribution in [0, 0.1) is 5.82 Å². The van der Waals surface area contributed by atoms with Gasteiger partial charge in [0.25, 0.3) is 5.91 Å². The average molecular weight is 401 g/mol. The zero-order valence-corrected chi connectivity index (χ0v) is 15.5. The van der Waals surface area contributed by atoms with Crippen LogP contribution < -0.4 is 10.4 Å². The second-order valence-corrected chi connectivity index (χ2v) is 6.50. The Morgan fingerprint density at radius 3 is 2.66 bits per heavy atom. The first-order chi connectivity index (χ1) is 13.8. The molecule has 2 aromatic carbocycles. The summed E-state index contributed by atoms with van der Waals surface area (Å²) in [5, 5.41) is 23.7. The number of amides is 2. The van der Waals surface area contributed by atoms with E-state index in [0.717, 1.165) is 18.1 Å². The highest BCUT2D eigenvalue weighted by Crippen LogP contribution is 2.33. The fraction of sp³-hybridized carbons (Fsp3) is 0.250. The number of carbonyl (C=O) groups is 3. The van der Waals surface area contributed by atoms with Crippen molar-refractivity contribution in [2.75, 3.05) is 19.0 Å². The Hall–Kier alpha value is -3.62. The van der Waals surface area contributed by atoms with E-state index in [1.165, 1.54) is 30.3 Å². The van der Waals surface area contributed by atoms with Crippen molar-refractivity contribution in [2.45, 2.75) is 18.9 Å². The van der Waals surface area contributed by atoms with E-state index in [0.29, 0.717) is 24.9 Å². The smallest absolute Gasteiger partial charge is 0.341 e. The van der Waals surface area contributed by atoms with Crippen molar-refractivity contribution in [1.82, 2.24) is 4.90 Å². The van der Waals surface area contributed by atoms with Gasteiger partial charge in [0.2, 0.25) is 0 Å². The van der Waals surface area contributed by atoms with E-state index in [4.69, 9.17) is 0 Å². The molecule has 0 spiro atoms. The summed E-state index contributed by atoms with van der Waals surface area (Å²) < 4.78 is 19.1. The second-order valence-electron chi connectivity index (χ2n) is 6.50. The van der Waals surface area contributed by atoms with Gasteiger partial charge in [-0.25, -0.2) is 9.18 Å². The highest BCUT2D eigenvalue weighted by molar-refractivity contribution is 6.06. The quantitative estimate of drug-likeness (QED) is 0.598. The second kappa shape index (κ2) is 8.17. The number of esters is 1. The number of hydrogen-bond donors (Lipinski definition) is 2. The number of carbonyl (C=O) groups excluding carboxylic acids is 3. The van der Waals surface area contributed by atoms with Gasteiger partial charge in [-0.05, 0) is 42.7 Å². The Labute approximate surface area is 165 Å². The number of hydrogen-bond acceptors (Lipinski definition) is 6. The Balaban J connectivity index is 1.82. The fourth-order valence-electron chi connectivity index (χ4n) is 3.36. The summed E-state index contributed by atoms with van der Waals surface area (Å²) >= 11 is 0. The van der Waals surface area contributed by atoms with Crippen molar-refractivity contribution in [3.8, 4) is 5.75 Å². The number of aromatic hydroxyl groups is 1. The first kappa shape index (κ1) is 20.1. The minimum absolute atomic E-state index is 0.0831. The van der Waals surface area contributed by atoms with E-state index in [1.54, 1.807) is 0 Å². The van der Waals surface area contributed by atoms with Crippen molar-refractivity contribution in [1.29, 1.82) is 0 Å². The molecule has 0 saturated carbocycles. The van der Waals surface area contributed by atoms with Gasteiger partial charge in [0, 0.05) is 6.54 Å². The molecule has 1 aliphatic rings. The monoisotopic (exact) mass is 401 g/mol. The van der Waals surface area contributed by atoms with Gasteiger partial charge in [-0.3, -0.25) is 4.79 Å². The minimum atomic E-state index is -1.32. The minimum Gasteiger partial charge on any atom is -0.530 e. The first-order valence-corrected chi connectivity index (χ1v) is 8.82. The predicted molar refractivity (Wildman–Crippen MR) is 97.9 cm³/mol. The molecule has 2 N–H and O–H groups in total. The lowest BCUT2D eigenvalue weighted by Gasteiger charge is -2.27. The molecule has 1 fully saturated rings. The molecule has 0 aromatic heterocycles. The van der Waals surface area contributed by atoms with E-state index >= 15 is 0 Å². The van der Waals surface area contributed by atoms with Crippen LogP contribution in [0.4, 0.5) is 14.9 Å². The molecular weight excluding hydrogens is 383 g/mol. The van der Waals surface area contributed by atoms with Crippen LogP contribution in [-0.2, 0) is 4.74 Å². The van der Waals surface area contributed by atoms with Gasteiger partial charge in [-0.15, -0.1) is 0 Å². The number of nitrogens with zero attached hydrogens (tertiary/aromatic N) is 1. The Morgan fingerprint density at radius 2 is 2.00 bits per heavy atom. The largest absolute Gasteiger partial charge is 0.530 e. The third kappa shape index (κ3) is 3.98. The lowest BCUT2D eigenvalue weighted by Crippen LogP contribution is -2.40. The maximum Gasteiger partial charge on any atom is 0.341 e. The van der Waals surface area contributed by atoms with Crippen molar-refractivity contribution >= 4 is 23.7 Å². The molecule has 1 atom stereocenters. The normalized spacial score (nSPS) is 15.8. The molecule has 1 unspecified atom stereocenters. The van der Waals surface area contributed by atoms with Gasteiger partial charge in [0.05, 0.1) is 24.4 Å².